The Bertz CT molecular complexity index is 419. The molecule has 1 aromatic carbocycles. The molecule has 1 amide bonds. The number of nitrogens with one attached hydrogen (secondary N) is 1. The SMILES string of the molecule is COCC(CCCl)NC(=O)c1cccc(OC)c1O. The molecule has 0 aliphatic carbocycles. The third-order valence-electron chi connectivity index (χ3n) is 2.62. The number of amides is 1. The van der Waals surface area contributed by atoms with Crippen LogP contribution in [0.4, 0.5) is 0 Å². The Labute approximate surface area is 117 Å². The van der Waals surface area contributed by atoms with Gasteiger partial charge in [-0.2, -0.15) is 0 Å². The first kappa shape index (κ1) is 15.6. The van der Waals surface area contributed by atoms with E-state index in [1.165, 1.54) is 13.2 Å². The number of ether oxygens (including phenoxy) is 2. The molecule has 19 heavy (non-hydrogen) atoms. The Morgan fingerprint density at radius 2 is 2.21 bits per heavy atom. The number of phenolic OH excluding ortho intramolecular Hbond substituents is 1. The molecule has 0 aliphatic heterocycles. The first-order valence-electron chi connectivity index (χ1n) is 5.85. The van der Waals surface area contributed by atoms with E-state index in [2.05, 4.69) is 5.32 Å². The van der Waals surface area contributed by atoms with Crippen molar-refractivity contribution in [3.05, 3.63) is 23.8 Å². The molecular formula is C13H18ClNO4. The van der Waals surface area contributed by atoms with Gasteiger partial charge in [-0.3, -0.25) is 4.79 Å². The summed E-state index contributed by atoms with van der Waals surface area (Å²) >= 11 is 5.66. The van der Waals surface area contributed by atoms with Crippen molar-refractivity contribution in [3.8, 4) is 11.5 Å². The fourth-order valence-electron chi connectivity index (χ4n) is 1.66. The maximum Gasteiger partial charge on any atom is 0.255 e. The molecule has 1 unspecified atom stereocenters. The average Bonchev–Trinajstić information content (AvgIpc) is 2.39. The van der Waals surface area contributed by atoms with E-state index in [1.54, 1.807) is 19.2 Å². The molecule has 0 saturated heterocycles. The van der Waals surface area contributed by atoms with Crippen LogP contribution < -0.4 is 10.1 Å². The normalized spacial score (nSPS) is 11.9. The summed E-state index contributed by atoms with van der Waals surface area (Å²) in [4.78, 5) is 12.1. The molecule has 106 valence electrons. The third-order valence-corrected chi connectivity index (χ3v) is 2.84. The molecule has 0 spiro atoms. The lowest BCUT2D eigenvalue weighted by Gasteiger charge is -2.17. The number of para-hydroxylation sites is 1. The molecule has 0 heterocycles. The Balaban J connectivity index is 2.82. The second kappa shape index (κ2) is 7.86. The van der Waals surface area contributed by atoms with E-state index in [0.29, 0.717) is 18.9 Å². The van der Waals surface area contributed by atoms with Gasteiger partial charge < -0.3 is 19.9 Å². The minimum Gasteiger partial charge on any atom is -0.504 e. The second-order valence-electron chi connectivity index (χ2n) is 3.96. The van der Waals surface area contributed by atoms with E-state index in [9.17, 15) is 9.90 Å². The standard InChI is InChI=1S/C13H18ClNO4/c1-18-8-9(6-7-14)15-13(17)10-4-3-5-11(19-2)12(10)16/h3-5,9,16H,6-8H2,1-2H3,(H,15,17). The van der Waals surface area contributed by atoms with Crippen molar-refractivity contribution in [2.75, 3.05) is 26.7 Å². The van der Waals surface area contributed by atoms with Crippen LogP contribution in [0.2, 0.25) is 0 Å². The van der Waals surface area contributed by atoms with Gasteiger partial charge in [0.2, 0.25) is 0 Å². The third kappa shape index (κ3) is 4.29. The van der Waals surface area contributed by atoms with Gasteiger partial charge in [0.25, 0.3) is 5.91 Å². The molecular weight excluding hydrogens is 270 g/mol. The van der Waals surface area contributed by atoms with Crippen molar-refractivity contribution >= 4 is 17.5 Å². The average molecular weight is 288 g/mol. The van der Waals surface area contributed by atoms with Crippen molar-refractivity contribution in [1.82, 2.24) is 5.32 Å². The second-order valence-corrected chi connectivity index (χ2v) is 4.34. The fraction of sp³-hybridized carbons (Fsp3) is 0.462. The van der Waals surface area contributed by atoms with Crippen molar-refractivity contribution in [2.45, 2.75) is 12.5 Å². The van der Waals surface area contributed by atoms with E-state index in [1.807, 2.05) is 0 Å². The predicted molar refractivity (Wildman–Crippen MR) is 73.1 cm³/mol. The number of rotatable bonds is 7. The number of halogens is 1. The van der Waals surface area contributed by atoms with E-state index < -0.39 is 0 Å². The van der Waals surface area contributed by atoms with Crippen molar-refractivity contribution < 1.29 is 19.4 Å². The predicted octanol–water partition coefficient (Wildman–Crippen LogP) is 1.77. The number of hydrogen-bond acceptors (Lipinski definition) is 4. The largest absolute Gasteiger partial charge is 0.504 e. The minimum atomic E-state index is -0.386. The van der Waals surface area contributed by atoms with Crippen molar-refractivity contribution in [3.63, 3.8) is 0 Å². The summed E-state index contributed by atoms with van der Waals surface area (Å²) in [5.74, 6) is 0.111. The number of alkyl halides is 1. The monoisotopic (exact) mass is 287 g/mol. The van der Waals surface area contributed by atoms with Gasteiger partial charge in [0.15, 0.2) is 11.5 Å². The van der Waals surface area contributed by atoms with Crippen LogP contribution in [0.25, 0.3) is 0 Å². The van der Waals surface area contributed by atoms with Crippen LogP contribution in [0, 0.1) is 0 Å². The van der Waals surface area contributed by atoms with Crippen molar-refractivity contribution in [2.24, 2.45) is 0 Å². The summed E-state index contributed by atoms with van der Waals surface area (Å²) in [7, 11) is 2.98. The number of phenols is 1. The fourth-order valence-corrected chi connectivity index (χ4v) is 1.93. The van der Waals surface area contributed by atoms with Crippen LogP contribution in [0.1, 0.15) is 16.8 Å². The number of methoxy groups -OCH3 is 2. The maximum absolute atomic E-state index is 12.1. The maximum atomic E-state index is 12.1. The highest BCUT2D eigenvalue weighted by Crippen LogP contribution is 2.29. The first-order valence-corrected chi connectivity index (χ1v) is 6.39. The number of benzene rings is 1. The Kier molecular flexibility index (Phi) is 6.45. The van der Waals surface area contributed by atoms with Gasteiger partial charge >= 0.3 is 0 Å². The summed E-state index contributed by atoms with van der Waals surface area (Å²) < 4.78 is 9.97. The molecule has 1 atom stereocenters. The smallest absolute Gasteiger partial charge is 0.255 e. The van der Waals surface area contributed by atoms with Crippen LogP contribution in [-0.4, -0.2) is 43.8 Å². The van der Waals surface area contributed by atoms with E-state index in [0.717, 1.165) is 0 Å². The Hall–Kier alpha value is -1.46. The molecule has 0 bridgehead atoms. The molecule has 2 N–H and O–H groups in total. The highest BCUT2D eigenvalue weighted by atomic mass is 35.5. The van der Waals surface area contributed by atoms with Gasteiger partial charge in [0.1, 0.15) is 0 Å². The molecule has 0 aliphatic rings. The molecule has 1 aromatic rings. The number of aromatic hydroxyl groups is 1. The highest BCUT2D eigenvalue weighted by Gasteiger charge is 2.18. The summed E-state index contributed by atoms with van der Waals surface area (Å²) in [6.45, 7) is 0.364. The Morgan fingerprint density at radius 1 is 1.47 bits per heavy atom. The molecule has 6 heteroatoms. The lowest BCUT2D eigenvalue weighted by Crippen LogP contribution is -2.38. The van der Waals surface area contributed by atoms with Crippen LogP contribution in [0.15, 0.2) is 18.2 Å². The van der Waals surface area contributed by atoms with Crippen LogP contribution >= 0.6 is 11.6 Å². The number of carbonyl (C=O) groups excluding carboxylic acids is 1. The zero-order valence-electron chi connectivity index (χ0n) is 11.0. The van der Waals surface area contributed by atoms with Crippen LogP contribution in [-0.2, 0) is 4.74 Å². The quantitative estimate of drug-likeness (QED) is 0.750. The van der Waals surface area contributed by atoms with Crippen molar-refractivity contribution in [1.29, 1.82) is 0 Å². The van der Waals surface area contributed by atoms with Crippen LogP contribution in [0.3, 0.4) is 0 Å². The topological polar surface area (TPSA) is 67.8 Å². The molecule has 0 radical (unpaired) electrons. The molecule has 0 saturated carbocycles. The lowest BCUT2D eigenvalue weighted by molar-refractivity contribution is 0.0892. The lowest BCUT2D eigenvalue weighted by atomic mass is 10.1. The van der Waals surface area contributed by atoms with Gasteiger partial charge in [-0.15, -0.1) is 11.6 Å². The summed E-state index contributed by atoms with van der Waals surface area (Å²) in [6.07, 6.45) is 0.589. The van der Waals surface area contributed by atoms with E-state index >= 15 is 0 Å². The molecule has 0 fully saturated rings. The van der Waals surface area contributed by atoms with Gasteiger partial charge in [-0.05, 0) is 18.6 Å². The minimum absolute atomic E-state index is 0.162. The van der Waals surface area contributed by atoms with Gasteiger partial charge in [-0.1, -0.05) is 6.07 Å². The van der Waals surface area contributed by atoms with Gasteiger partial charge in [0.05, 0.1) is 25.3 Å². The number of carbonyl (C=O) groups is 1. The summed E-state index contributed by atoms with van der Waals surface area (Å²) in [5.41, 5.74) is 0.162. The van der Waals surface area contributed by atoms with Gasteiger partial charge in [-0.25, -0.2) is 0 Å². The highest BCUT2D eigenvalue weighted by molar-refractivity contribution is 6.17. The number of hydrogen-bond donors (Lipinski definition) is 2. The molecule has 1 rings (SSSR count). The van der Waals surface area contributed by atoms with Crippen LogP contribution in [0.5, 0.6) is 11.5 Å². The molecule has 5 nitrogen and oxygen atoms in total. The van der Waals surface area contributed by atoms with Gasteiger partial charge in [0, 0.05) is 13.0 Å². The zero-order valence-corrected chi connectivity index (χ0v) is 11.7. The zero-order chi connectivity index (χ0) is 14.3. The van der Waals surface area contributed by atoms with E-state index in [4.69, 9.17) is 21.1 Å². The van der Waals surface area contributed by atoms with E-state index in [-0.39, 0.29) is 29.0 Å². The summed E-state index contributed by atoms with van der Waals surface area (Å²) in [5, 5.41) is 12.7. The molecule has 0 aromatic heterocycles. The Morgan fingerprint density at radius 3 is 2.79 bits per heavy atom. The first-order chi connectivity index (χ1) is 9.13. The summed E-state index contributed by atoms with van der Waals surface area (Å²) in [6, 6.07) is 4.55.